The summed E-state index contributed by atoms with van der Waals surface area (Å²) in [6.07, 6.45) is 0. The number of ether oxygens (including phenoxy) is 2. The lowest BCUT2D eigenvalue weighted by atomic mass is 10.1. The van der Waals surface area contributed by atoms with Gasteiger partial charge in [0.1, 0.15) is 11.4 Å². The van der Waals surface area contributed by atoms with Crippen LogP contribution in [0.25, 0.3) is 0 Å². The van der Waals surface area contributed by atoms with Crippen LogP contribution in [0.3, 0.4) is 0 Å². The smallest absolute Gasteiger partial charge is 0.341 e. The van der Waals surface area contributed by atoms with Crippen LogP contribution in [0.4, 0.5) is 10.1 Å². The van der Waals surface area contributed by atoms with Crippen molar-refractivity contribution in [1.82, 2.24) is 0 Å². The second-order valence-corrected chi connectivity index (χ2v) is 4.98. The number of esters is 1. The first-order valence-corrected chi connectivity index (χ1v) is 7.02. The molecule has 2 rings (SSSR count). The summed E-state index contributed by atoms with van der Waals surface area (Å²) >= 11 is 6.17. The van der Waals surface area contributed by atoms with Crippen molar-refractivity contribution in [1.29, 1.82) is 0 Å². The van der Waals surface area contributed by atoms with Gasteiger partial charge < -0.3 is 19.9 Å². The predicted molar refractivity (Wildman–Crippen MR) is 84.7 cm³/mol. The van der Waals surface area contributed by atoms with E-state index in [0.29, 0.717) is 5.56 Å². The van der Waals surface area contributed by atoms with Gasteiger partial charge in [-0.25, -0.2) is 9.18 Å². The van der Waals surface area contributed by atoms with Gasteiger partial charge in [-0.1, -0.05) is 23.7 Å². The molecular formula is C16H15ClFNO4. The van der Waals surface area contributed by atoms with E-state index in [4.69, 9.17) is 16.3 Å². The van der Waals surface area contributed by atoms with Crippen LogP contribution >= 0.6 is 11.6 Å². The van der Waals surface area contributed by atoms with Gasteiger partial charge in [-0.05, 0) is 23.8 Å². The van der Waals surface area contributed by atoms with Crippen LogP contribution in [0, 0.1) is 5.82 Å². The highest BCUT2D eigenvalue weighted by Gasteiger charge is 2.22. The third-order valence-corrected chi connectivity index (χ3v) is 3.64. The summed E-state index contributed by atoms with van der Waals surface area (Å²) in [5.74, 6) is -1.59. The Morgan fingerprint density at radius 2 is 2.04 bits per heavy atom. The molecule has 0 fully saturated rings. The Hall–Kier alpha value is -2.47. The highest BCUT2D eigenvalue weighted by molar-refractivity contribution is 6.33. The molecule has 0 aliphatic heterocycles. The van der Waals surface area contributed by atoms with Gasteiger partial charge in [-0.15, -0.1) is 0 Å². The monoisotopic (exact) mass is 339 g/mol. The second-order valence-electron chi connectivity index (χ2n) is 4.60. The number of benzene rings is 2. The summed E-state index contributed by atoms with van der Waals surface area (Å²) in [4.78, 5) is 11.7. The molecule has 23 heavy (non-hydrogen) atoms. The number of carbonyl (C=O) groups excluding carboxylic acids is 1. The minimum atomic E-state index is -0.732. The number of aromatic hydroxyl groups is 1. The number of nitrogens with one attached hydrogen (secondary N) is 1. The maximum absolute atomic E-state index is 13.6. The van der Waals surface area contributed by atoms with Crippen LogP contribution in [0.1, 0.15) is 15.9 Å². The van der Waals surface area contributed by atoms with Crippen LogP contribution in [0.5, 0.6) is 11.5 Å². The Morgan fingerprint density at radius 3 is 2.65 bits per heavy atom. The number of hydrogen-bond acceptors (Lipinski definition) is 5. The highest BCUT2D eigenvalue weighted by Crippen LogP contribution is 2.40. The summed E-state index contributed by atoms with van der Waals surface area (Å²) in [5, 5.41) is 13.0. The van der Waals surface area contributed by atoms with Crippen molar-refractivity contribution in [2.24, 2.45) is 0 Å². The molecule has 0 aliphatic rings. The molecular weight excluding hydrogens is 325 g/mol. The maximum atomic E-state index is 13.6. The molecule has 0 spiro atoms. The summed E-state index contributed by atoms with van der Waals surface area (Å²) < 4.78 is 23.3. The first kappa shape index (κ1) is 16.9. The Kier molecular flexibility index (Phi) is 5.28. The van der Waals surface area contributed by atoms with Crippen LogP contribution in [0.15, 0.2) is 30.3 Å². The van der Waals surface area contributed by atoms with Crippen molar-refractivity contribution < 1.29 is 23.8 Å². The maximum Gasteiger partial charge on any atom is 0.341 e. The van der Waals surface area contributed by atoms with E-state index in [1.165, 1.54) is 26.4 Å². The van der Waals surface area contributed by atoms with E-state index in [-0.39, 0.29) is 28.6 Å². The van der Waals surface area contributed by atoms with Gasteiger partial charge >= 0.3 is 5.97 Å². The zero-order valence-corrected chi connectivity index (χ0v) is 13.3. The Bertz CT molecular complexity index is 736. The standard InChI is InChI=1S/C16H15ClFNO4/c1-22-15-13(17)9(7-10(14(15)20)16(21)23-2)8-19-12-6-4-3-5-11(12)18/h3-7,19-20H,8H2,1-2H3. The second kappa shape index (κ2) is 7.19. The number of para-hydroxylation sites is 1. The molecule has 0 amide bonds. The highest BCUT2D eigenvalue weighted by atomic mass is 35.5. The van der Waals surface area contributed by atoms with Crippen molar-refractivity contribution in [3.63, 3.8) is 0 Å². The predicted octanol–water partition coefficient (Wildman–Crippen LogP) is 3.59. The van der Waals surface area contributed by atoms with E-state index >= 15 is 0 Å². The molecule has 2 aromatic rings. The number of phenolic OH excluding ortho intramolecular Hbond substituents is 1. The van der Waals surface area contributed by atoms with E-state index in [2.05, 4.69) is 10.1 Å². The average molecular weight is 340 g/mol. The van der Waals surface area contributed by atoms with Crippen molar-refractivity contribution in [2.75, 3.05) is 19.5 Å². The molecule has 7 heteroatoms. The third-order valence-electron chi connectivity index (χ3n) is 3.22. The number of anilines is 1. The summed E-state index contributed by atoms with van der Waals surface area (Å²) in [6, 6.07) is 7.53. The molecule has 2 aromatic carbocycles. The zero-order chi connectivity index (χ0) is 17.0. The van der Waals surface area contributed by atoms with Gasteiger partial charge in [-0.3, -0.25) is 0 Å². The molecule has 0 aliphatic carbocycles. The third kappa shape index (κ3) is 3.48. The molecule has 0 bridgehead atoms. The van der Waals surface area contributed by atoms with Crippen molar-refractivity contribution >= 4 is 23.3 Å². The first-order valence-electron chi connectivity index (χ1n) is 6.64. The normalized spacial score (nSPS) is 10.3. The molecule has 0 radical (unpaired) electrons. The molecule has 0 unspecified atom stereocenters. The lowest BCUT2D eigenvalue weighted by molar-refractivity contribution is 0.0596. The summed E-state index contributed by atoms with van der Waals surface area (Å²) in [5.41, 5.74) is 0.652. The molecule has 0 saturated carbocycles. The molecule has 0 aromatic heterocycles. The Morgan fingerprint density at radius 1 is 1.35 bits per heavy atom. The van der Waals surface area contributed by atoms with Gasteiger partial charge in [-0.2, -0.15) is 0 Å². The lowest BCUT2D eigenvalue weighted by Gasteiger charge is -2.15. The van der Waals surface area contributed by atoms with Gasteiger partial charge in [0.2, 0.25) is 0 Å². The molecule has 0 saturated heterocycles. The zero-order valence-electron chi connectivity index (χ0n) is 12.5. The lowest BCUT2D eigenvalue weighted by Crippen LogP contribution is -2.07. The Balaban J connectivity index is 2.38. The van der Waals surface area contributed by atoms with E-state index in [0.717, 1.165) is 0 Å². The van der Waals surface area contributed by atoms with E-state index < -0.39 is 17.5 Å². The number of halogens is 2. The SMILES string of the molecule is COC(=O)c1cc(CNc2ccccc2F)c(Cl)c(OC)c1O. The quantitative estimate of drug-likeness (QED) is 0.815. The fourth-order valence-corrected chi connectivity index (χ4v) is 2.34. The number of phenols is 1. The molecule has 5 nitrogen and oxygen atoms in total. The molecule has 0 heterocycles. The van der Waals surface area contributed by atoms with Crippen LogP contribution in [0.2, 0.25) is 5.02 Å². The first-order chi connectivity index (χ1) is 11.0. The van der Waals surface area contributed by atoms with Crippen molar-refractivity contribution in [3.05, 3.63) is 52.3 Å². The van der Waals surface area contributed by atoms with Gasteiger partial charge in [0.15, 0.2) is 11.5 Å². The molecule has 2 N–H and O–H groups in total. The van der Waals surface area contributed by atoms with Crippen molar-refractivity contribution in [2.45, 2.75) is 6.54 Å². The van der Waals surface area contributed by atoms with E-state index in [1.807, 2.05) is 0 Å². The van der Waals surface area contributed by atoms with Gasteiger partial charge in [0.25, 0.3) is 0 Å². The van der Waals surface area contributed by atoms with E-state index in [1.54, 1.807) is 18.2 Å². The van der Waals surface area contributed by atoms with Gasteiger partial charge in [0, 0.05) is 6.54 Å². The average Bonchev–Trinajstić information content (AvgIpc) is 2.55. The Labute approximate surface area is 137 Å². The number of methoxy groups -OCH3 is 2. The molecule has 0 atom stereocenters. The minimum absolute atomic E-state index is 0.0418. The van der Waals surface area contributed by atoms with E-state index in [9.17, 15) is 14.3 Å². The molecule has 122 valence electrons. The fraction of sp³-hybridized carbons (Fsp3) is 0.188. The number of hydrogen-bond donors (Lipinski definition) is 2. The van der Waals surface area contributed by atoms with Gasteiger partial charge in [0.05, 0.1) is 24.9 Å². The van der Waals surface area contributed by atoms with Crippen molar-refractivity contribution in [3.8, 4) is 11.5 Å². The topological polar surface area (TPSA) is 67.8 Å². The summed E-state index contributed by atoms with van der Waals surface area (Å²) in [7, 11) is 2.51. The number of carbonyl (C=O) groups is 1. The number of rotatable bonds is 5. The fourth-order valence-electron chi connectivity index (χ4n) is 2.05. The minimum Gasteiger partial charge on any atom is -0.504 e. The van der Waals surface area contributed by atoms with Crippen LogP contribution < -0.4 is 10.1 Å². The van der Waals surface area contributed by atoms with Crippen LogP contribution in [-0.4, -0.2) is 25.3 Å². The largest absolute Gasteiger partial charge is 0.504 e. The summed E-state index contributed by atoms with van der Waals surface area (Å²) in [6.45, 7) is 0.125. The van der Waals surface area contributed by atoms with Crippen LogP contribution in [-0.2, 0) is 11.3 Å².